The van der Waals surface area contributed by atoms with Crippen LogP contribution in [0.2, 0.25) is 5.02 Å². The van der Waals surface area contributed by atoms with Gasteiger partial charge in [-0.3, -0.25) is 10.1 Å². The van der Waals surface area contributed by atoms with E-state index >= 15 is 0 Å². The highest BCUT2D eigenvalue weighted by atomic mass is 79.9. The van der Waals surface area contributed by atoms with Gasteiger partial charge in [-0.15, -0.1) is 0 Å². The van der Waals surface area contributed by atoms with E-state index < -0.39 is 4.92 Å². The highest BCUT2D eigenvalue weighted by molar-refractivity contribution is 9.10. The third-order valence-corrected chi connectivity index (χ3v) is 3.35. The first-order valence-corrected chi connectivity index (χ1v) is 6.61. The molecule has 96 valence electrons. The Hall–Kier alpha value is -1.65. The number of benzene rings is 2. The average molecular weight is 339 g/mol. The van der Waals surface area contributed by atoms with Crippen molar-refractivity contribution in [2.45, 2.75) is 0 Å². The molecule has 0 unspecified atom stereocenters. The number of nitro groups is 1. The van der Waals surface area contributed by atoms with E-state index in [4.69, 9.17) is 11.6 Å². The maximum Gasteiger partial charge on any atom is 0.277 e. The highest BCUT2D eigenvalue weighted by Gasteiger charge is 2.14. The van der Waals surface area contributed by atoms with Crippen LogP contribution in [0.25, 0.3) is 11.8 Å². The Balaban J connectivity index is 2.54. The zero-order valence-corrected chi connectivity index (χ0v) is 12.1. The SMILES string of the molecule is O=[N+]([O-])/C(=C/c1cc(Br)ccc1Cl)c1ccccc1. The quantitative estimate of drug-likeness (QED) is 0.455. The normalized spacial score (nSPS) is 11.4. The van der Waals surface area contributed by atoms with Crippen LogP contribution in [0, 0.1) is 10.1 Å². The molecule has 0 saturated heterocycles. The van der Waals surface area contributed by atoms with Crippen molar-refractivity contribution in [2.24, 2.45) is 0 Å². The molecule has 0 radical (unpaired) electrons. The van der Waals surface area contributed by atoms with Gasteiger partial charge < -0.3 is 0 Å². The van der Waals surface area contributed by atoms with Crippen molar-refractivity contribution in [3.63, 3.8) is 0 Å². The first-order chi connectivity index (χ1) is 9.08. The van der Waals surface area contributed by atoms with E-state index in [1.54, 1.807) is 42.5 Å². The molecule has 0 fully saturated rings. The van der Waals surface area contributed by atoms with E-state index in [-0.39, 0.29) is 5.70 Å². The van der Waals surface area contributed by atoms with E-state index in [1.807, 2.05) is 6.07 Å². The smallest absolute Gasteiger partial charge is 0.258 e. The molecule has 0 amide bonds. The van der Waals surface area contributed by atoms with Gasteiger partial charge in [-0.2, -0.15) is 0 Å². The summed E-state index contributed by atoms with van der Waals surface area (Å²) < 4.78 is 0.818. The molecular formula is C14H9BrClNO2. The molecule has 0 aromatic heterocycles. The fourth-order valence-corrected chi connectivity index (χ4v) is 2.17. The number of halogens is 2. The first kappa shape index (κ1) is 13.8. The molecule has 2 rings (SSSR count). The van der Waals surface area contributed by atoms with Crippen LogP contribution in [0.3, 0.4) is 0 Å². The minimum absolute atomic E-state index is 0.0144. The predicted octanol–water partition coefficient (Wildman–Crippen LogP) is 4.88. The van der Waals surface area contributed by atoms with Crippen molar-refractivity contribution in [2.75, 3.05) is 0 Å². The molecular weight excluding hydrogens is 330 g/mol. The van der Waals surface area contributed by atoms with Crippen LogP contribution in [0.4, 0.5) is 0 Å². The van der Waals surface area contributed by atoms with Gasteiger partial charge in [0.25, 0.3) is 5.70 Å². The maximum atomic E-state index is 11.2. The second-order valence-corrected chi connectivity index (χ2v) is 5.14. The van der Waals surface area contributed by atoms with E-state index in [0.717, 1.165) is 4.47 Å². The van der Waals surface area contributed by atoms with Gasteiger partial charge in [0.15, 0.2) is 0 Å². The lowest BCUT2D eigenvalue weighted by molar-refractivity contribution is -0.374. The fraction of sp³-hybridized carbons (Fsp3) is 0. The van der Waals surface area contributed by atoms with Gasteiger partial charge in [-0.05, 0) is 30.3 Å². The van der Waals surface area contributed by atoms with Crippen LogP contribution < -0.4 is 0 Å². The zero-order valence-electron chi connectivity index (χ0n) is 9.72. The van der Waals surface area contributed by atoms with Crippen molar-refractivity contribution in [3.8, 4) is 0 Å². The summed E-state index contributed by atoms with van der Waals surface area (Å²) >= 11 is 9.37. The van der Waals surface area contributed by atoms with Crippen LogP contribution in [0.5, 0.6) is 0 Å². The molecule has 0 heterocycles. The predicted molar refractivity (Wildman–Crippen MR) is 80.5 cm³/mol. The standard InChI is InChI=1S/C14H9BrClNO2/c15-12-6-7-13(16)11(8-12)9-14(17(18)19)10-4-2-1-3-5-10/h1-9H/b14-9+. The van der Waals surface area contributed by atoms with Crippen molar-refractivity contribution in [1.29, 1.82) is 0 Å². The second kappa shape index (κ2) is 5.99. The van der Waals surface area contributed by atoms with Crippen LogP contribution in [-0.4, -0.2) is 4.92 Å². The summed E-state index contributed by atoms with van der Waals surface area (Å²) in [5, 5.41) is 11.7. The third-order valence-electron chi connectivity index (χ3n) is 2.52. The Morgan fingerprint density at radius 3 is 2.53 bits per heavy atom. The molecule has 0 saturated carbocycles. The summed E-state index contributed by atoms with van der Waals surface area (Å²) in [5.74, 6) is 0. The lowest BCUT2D eigenvalue weighted by atomic mass is 10.1. The molecule has 0 atom stereocenters. The van der Waals surface area contributed by atoms with Crippen LogP contribution in [0.15, 0.2) is 53.0 Å². The molecule has 19 heavy (non-hydrogen) atoms. The summed E-state index contributed by atoms with van der Waals surface area (Å²) in [6.07, 6.45) is 1.47. The summed E-state index contributed by atoms with van der Waals surface area (Å²) in [6.45, 7) is 0. The van der Waals surface area contributed by atoms with Gasteiger partial charge in [0.05, 0.1) is 10.5 Å². The molecule has 0 aliphatic carbocycles. The van der Waals surface area contributed by atoms with E-state index in [9.17, 15) is 10.1 Å². The maximum absolute atomic E-state index is 11.2. The summed E-state index contributed by atoms with van der Waals surface area (Å²) in [5.41, 5.74) is 1.16. The Kier molecular flexibility index (Phi) is 4.35. The number of hydrogen-bond donors (Lipinski definition) is 0. The van der Waals surface area contributed by atoms with Gasteiger partial charge in [-0.1, -0.05) is 45.7 Å². The second-order valence-electron chi connectivity index (χ2n) is 3.82. The van der Waals surface area contributed by atoms with Crippen LogP contribution in [-0.2, 0) is 0 Å². The molecule has 0 N–H and O–H groups in total. The van der Waals surface area contributed by atoms with Gasteiger partial charge in [-0.25, -0.2) is 0 Å². The van der Waals surface area contributed by atoms with E-state index in [2.05, 4.69) is 15.9 Å². The molecule has 0 aliphatic rings. The zero-order chi connectivity index (χ0) is 13.8. The topological polar surface area (TPSA) is 43.1 Å². The number of nitrogens with zero attached hydrogens (tertiary/aromatic N) is 1. The third kappa shape index (κ3) is 3.43. The number of rotatable bonds is 3. The van der Waals surface area contributed by atoms with Crippen molar-refractivity contribution in [3.05, 3.63) is 79.3 Å². The molecule has 2 aromatic rings. The lowest BCUT2D eigenvalue weighted by Crippen LogP contribution is -1.97. The van der Waals surface area contributed by atoms with Crippen molar-refractivity contribution >= 4 is 39.3 Å². The van der Waals surface area contributed by atoms with Gasteiger partial charge in [0.1, 0.15) is 0 Å². The Labute approximate surface area is 123 Å². The monoisotopic (exact) mass is 337 g/mol. The lowest BCUT2D eigenvalue weighted by Gasteiger charge is -2.02. The van der Waals surface area contributed by atoms with Crippen molar-refractivity contribution in [1.82, 2.24) is 0 Å². The van der Waals surface area contributed by atoms with Crippen molar-refractivity contribution < 1.29 is 4.92 Å². The first-order valence-electron chi connectivity index (χ1n) is 5.44. The fourth-order valence-electron chi connectivity index (χ4n) is 1.62. The van der Waals surface area contributed by atoms with E-state index in [0.29, 0.717) is 16.1 Å². The highest BCUT2D eigenvalue weighted by Crippen LogP contribution is 2.26. The molecule has 2 aromatic carbocycles. The molecule has 3 nitrogen and oxygen atoms in total. The summed E-state index contributed by atoms with van der Waals surface area (Å²) in [7, 11) is 0. The molecule has 5 heteroatoms. The molecule has 0 aliphatic heterocycles. The average Bonchev–Trinajstić information content (AvgIpc) is 2.40. The van der Waals surface area contributed by atoms with Gasteiger partial charge in [0.2, 0.25) is 0 Å². The molecule has 0 spiro atoms. The van der Waals surface area contributed by atoms with Gasteiger partial charge >= 0.3 is 0 Å². The van der Waals surface area contributed by atoms with Crippen LogP contribution in [0.1, 0.15) is 11.1 Å². The van der Waals surface area contributed by atoms with Crippen LogP contribution >= 0.6 is 27.5 Å². The summed E-state index contributed by atoms with van der Waals surface area (Å²) in [4.78, 5) is 10.8. The Morgan fingerprint density at radius 1 is 1.21 bits per heavy atom. The van der Waals surface area contributed by atoms with E-state index in [1.165, 1.54) is 6.08 Å². The van der Waals surface area contributed by atoms with Gasteiger partial charge in [0, 0.05) is 21.1 Å². The minimum Gasteiger partial charge on any atom is -0.258 e. The molecule has 0 bridgehead atoms. The minimum atomic E-state index is -0.410. The Bertz CT molecular complexity index is 641. The summed E-state index contributed by atoms with van der Waals surface area (Å²) in [6, 6.07) is 13.9. The largest absolute Gasteiger partial charge is 0.277 e. The Morgan fingerprint density at radius 2 is 1.89 bits per heavy atom. The number of hydrogen-bond acceptors (Lipinski definition) is 2.